The van der Waals surface area contributed by atoms with Crippen molar-refractivity contribution in [3.05, 3.63) is 51.0 Å². The van der Waals surface area contributed by atoms with E-state index < -0.39 is 5.60 Å². The summed E-state index contributed by atoms with van der Waals surface area (Å²) in [5.74, 6) is 0. The summed E-state index contributed by atoms with van der Waals surface area (Å²) < 4.78 is 0. The molecule has 0 amide bonds. The predicted molar refractivity (Wildman–Crippen MR) is 90.0 cm³/mol. The number of benzene rings is 1. The third-order valence-electron chi connectivity index (χ3n) is 3.79. The Balaban J connectivity index is 2.29. The zero-order chi connectivity index (χ0) is 15.8. The summed E-state index contributed by atoms with van der Waals surface area (Å²) in [6, 6.07) is 6.23. The Morgan fingerprint density at radius 2 is 1.81 bits per heavy atom. The standard InChI is InChI=1S/C18H25NOS/c1-12-7-8-13(2)14(9-12)18(6,20)10-16-19-15(11-21-16)17(3,4)5/h7-9,11,20H,10H2,1-6H3. The summed E-state index contributed by atoms with van der Waals surface area (Å²) in [5.41, 5.74) is 3.56. The van der Waals surface area contributed by atoms with Gasteiger partial charge in [-0.3, -0.25) is 0 Å². The number of hydrogen-bond donors (Lipinski definition) is 1. The Hall–Kier alpha value is -1.19. The van der Waals surface area contributed by atoms with Crippen LogP contribution in [0.2, 0.25) is 0 Å². The summed E-state index contributed by atoms with van der Waals surface area (Å²) in [6.45, 7) is 12.5. The zero-order valence-corrected chi connectivity index (χ0v) is 14.6. The molecule has 1 unspecified atom stereocenters. The highest BCUT2D eigenvalue weighted by molar-refractivity contribution is 7.09. The van der Waals surface area contributed by atoms with Crippen LogP contribution in [-0.2, 0) is 17.4 Å². The molecule has 0 saturated heterocycles. The van der Waals surface area contributed by atoms with Crippen LogP contribution in [0.25, 0.3) is 0 Å². The molecule has 1 atom stereocenters. The average molecular weight is 303 g/mol. The lowest BCUT2D eigenvalue weighted by Gasteiger charge is -2.25. The van der Waals surface area contributed by atoms with Crippen molar-refractivity contribution in [2.24, 2.45) is 0 Å². The molecular weight excluding hydrogens is 278 g/mol. The maximum absolute atomic E-state index is 10.9. The van der Waals surface area contributed by atoms with Crippen LogP contribution in [0.1, 0.15) is 55.1 Å². The van der Waals surface area contributed by atoms with Gasteiger partial charge in [-0.2, -0.15) is 0 Å². The maximum atomic E-state index is 10.9. The monoisotopic (exact) mass is 303 g/mol. The van der Waals surface area contributed by atoms with E-state index in [4.69, 9.17) is 4.98 Å². The summed E-state index contributed by atoms with van der Waals surface area (Å²) in [4.78, 5) is 4.70. The Kier molecular flexibility index (Phi) is 4.27. The van der Waals surface area contributed by atoms with Gasteiger partial charge in [0.1, 0.15) is 0 Å². The van der Waals surface area contributed by atoms with Crippen molar-refractivity contribution in [2.45, 2.75) is 59.0 Å². The topological polar surface area (TPSA) is 33.1 Å². The summed E-state index contributed by atoms with van der Waals surface area (Å²) >= 11 is 1.64. The molecule has 0 aliphatic rings. The molecule has 0 radical (unpaired) electrons. The van der Waals surface area contributed by atoms with Crippen molar-refractivity contribution in [1.82, 2.24) is 4.98 Å². The van der Waals surface area contributed by atoms with Crippen LogP contribution in [0.4, 0.5) is 0 Å². The second-order valence-electron chi connectivity index (χ2n) is 7.15. The lowest BCUT2D eigenvalue weighted by atomic mass is 9.88. The number of hydrogen-bond acceptors (Lipinski definition) is 3. The van der Waals surface area contributed by atoms with Gasteiger partial charge in [0.05, 0.1) is 16.3 Å². The molecule has 0 aliphatic carbocycles. The van der Waals surface area contributed by atoms with Crippen molar-refractivity contribution in [3.8, 4) is 0 Å². The Morgan fingerprint density at radius 1 is 1.14 bits per heavy atom. The minimum atomic E-state index is -0.886. The highest BCUT2D eigenvalue weighted by Crippen LogP contribution is 2.31. The van der Waals surface area contributed by atoms with Gasteiger partial charge in [0.15, 0.2) is 0 Å². The molecule has 0 saturated carbocycles. The zero-order valence-electron chi connectivity index (χ0n) is 13.8. The van der Waals surface area contributed by atoms with E-state index in [9.17, 15) is 5.11 Å². The third kappa shape index (κ3) is 3.72. The lowest BCUT2D eigenvalue weighted by molar-refractivity contribution is 0.0568. The van der Waals surface area contributed by atoms with Crippen LogP contribution < -0.4 is 0 Å². The first kappa shape index (κ1) is 16.2. The first-order valence-corrected chi connectivity index (χ1v) is 8.22. The van der Waals surface area contributed by atoms with Crippen LogP contribution in [0.3, 0.4) is 0 Å². The maximum Gasteiger partial charge on any atom is 0.0960 e. The molecule has 2 rings (SSSR count). The predicted octanol–water partition coefficient (Wildman–Crippen LogP) is 4.51. The number of nitrogens with zero attached hydrogens (tertiary/aromatic N) is 1. The highest BCUT2D eigenvalue weighted by Gasteiger charge is 2.28. The second kappa shape index (κ2) is 5.54. The van der Waals surface area contributed by atoms with E-state index in [1.807, 2.05) is 13.8 Å². The Morgan fingerprint density at radius 3 is 2.38 bits per heavy atom. The molecule has 3 heteroatoms. The molecule has 1 aromatic heterocycles. The molecule has 1 aromatic carbocycles. The fourth-order valence-electron chi connectivity index (χ4n) is 2.44. The summed E-state index contributed by atoms with van der Waals surface area (Å²) in [7, 11) is 0. The van der Waals surface area contributed by atoms with Gasteiger partial charge in [-0.05, 0) is 31.9 Å². The van der Waals surface area contributed by atoms with Crippen molar-refractivity contribution in [1.29, 1.82) is 0 Å². The van der Waals surface area contributed by atoms with E-state index in [2.05, 4.69) is 51.3 Å². The van der Waals surface area contributed by atoms with Gasteiger partial charge in [-0.15, -0.1) is 11.3 Å². The number of aromatic nitrogens is 1. The van der Waals surface area contributed by atoms with E-state index in [0.717, 1.165) is 21.8 Å². The highest BCUT2D eigenvalue weighted by atomic mass is 32.1. The number of aryl methyl sites for hydroxylation is 2. The van der Waals surface area contributed by atoms with Crippen LogP contribution in [0, 0.1) is 13.8 Å². The second-order valence-corrected chi connectivity index (χ2v) is 8.09. The molecule has 0 aliphatic heterocycles. The van der Waals surface area contributed by atoms with Gasteiger partial charge < -0.3 is 5.11 Å². The van der Waals surface area contributed by atoms with Crippen LogP contribution >= 0.6 is 11.3 Å². The van der Waals surface area contributed by atoms with Crippen molar-refractivity contribution in [2.75, 3.05) is 0 Å². The number of thiazole rings is 1. The largest absolute Gasteiger partial charge is 0.385 e. The van der Waals surface area contributed by atoms with Crippen molar-refractivity contribution < 1.29 is 5.11 Å². The van der Waals surface area contributed by atoms with E-state index in [0.29, 0.717) is 6.42 Å². The summed E-state index contributed by atoms with van der Waals surface area (Å²) in [5, 5.41) is 14.0. The number of rotatable bonds is 3. The molecule has 0 fully saturated rings. The molecule has 21 heavy (non-hydrogen) atoms. The normalized spacial score (nSPS) is 15.0. The third-order valence-corrected chi connectivity index (χ3v) is 4.64. The van der Waals surface area contributed by atoms with Crippen LogP contribution in [-0.4, -0.2) is 10.1 Å². The van der Waals surface area contributed by atoms with Gasteiger partial charge in [-0.25, -0.2) is 4.98 Å². The molecule has 2 nitrogen and oxygen atoms in total. The minimum absolute atomic E-state index is 0.0554. The van der Waals surface area contributed by atoms with Gasteiger partial charge >= 0.3 is 0 Å². The molecular formula is C18H25NOS. The van der Waals surface area contributed by atoms with Gasteiger partial charge in [0, 0.05) is 17.2 Å². The minimum Gasteiger partial charge on any atom is -0.385 e. The molecule has 1 N–H and O–H groups in total. The fourth-order valence-corrected chi connectivity index (χ4v) is 3.61. The molecule has 0 spiro atoms. The molecule has 2 aromatic rings. The molecule has 0 bridgehead atoms. The summed E-state index contributed by atoms with van der Waals surface area (Å²) in [6.07, 6.45) is 0.554. The molecule has 1 heterocycles. The smallest absolute Gasteiger partial charge is 0.0960 e. The Labute approximate surface area is 131 Å². The van der Waals surface area contributed by atoms with Crippen LogP contribution in [0.5, 0.6) is 0 Å². The quantitative estimate of drug-likeness (QED) is 0.905. The van der Waals surface area contributed by atoms with E-state index >= 15 is 0 Å². The van der Waals surface area contributed by atoms with Gasteiger partial charge in [0.2, 0.25) is 0 Å². The first-order chi connectivity index (χ1) is 9.59. The fraction of sp³-hybridized carbons (Fsp3) is 0.500. The number of aliphatic hydroxyl groups is 1. The van der Waals surface area contributed by atoms with Gasteiger partial charge in [0.25, 0.3) is 0 Å². The van der Waals surface area contributed by atoms with E-state index in [-0.39, 0.29) is 5.41 Å². The molecule has 114 valence electrons. The van der Waals surface area contributed by atoms with E-state index in [1.54, 1.807) is 11.3 Å². The Bertz CT molecular complexity index is 635. The van der Waals surface area contributed by atoms with Gasteiger partial charge in [-0.1, -0.05) is 44.5 Å². The average Bonchev–Trinajstić information content (AvgIpc) is 2.79. The SMILES string of the molecule is Cc1ccc(C)c(C(C)(O)Cc2nc(C(C)(C)C)cs2)c1. The van der Waals surface area contributed by atoms with Crippen LogP contribution in [0.15, 0.2) is 23.6 Å². The first-order valence-electron chi connectivity index (χ1n) is 7.34. The van der Waals surface area contributed by atoms with Crippen molar-refractivity contribution >= 4 is 11.3 Å². The lowest BCUT2D eigenvalue weighted by Crippen LogP contribution is -2.25. The van der Waals surface area contributed by atoms with E-state index in [1.165, 1.54) is 5.56 Å². The van der Waals surface area contributed by atoms with Crippen molar-refractivity contribution in [3.63, 3.8) is 0 Å².